The monoisotopic (exact) mass is 111 g/mol. The van der Waals surface area contributed by atoms with Crippen LogP contribution in [0.5, 0.6) is 0 Å². The second-order valence-corrected chi connectivity index (χ2v) is 2.16. The Labute approximate surface area is 48.4 Å². The first kappa shape index (κ1) is 5.48. The molecule has 0 aromatic heterocycles. The summed E-state index contributed by atoms with van der Waals surface area (Å²) in [7, 11) is 0. The van der Waals surface area contributed by atoms with E-state index in [9.17, 15) is 4.79 Å². The van der Waals surface area contributed by atoms with Crippen molar-refractivity contribution in [1.29, 1.82) is 5.41 Å². The molecule has 0 aliphatic heterocycles. The molecular formula is C6H9NO. The second-order valence-electron chi connectivity index (χ2n) is 2.16. The smallest absolute Gasteiger partial charge is 0.128 e. The summed E-state index contributed by atoms with van der Waals surface area (Å²) in [6, 6.07) is 0. The number of hydrogen-bond donors (Lipinski definition) is 1. The summed E-state index contributed by atoms with van der Waals surface area (Å²) < 4.78 is 0. The summed E-state index contributed by atoms with van der Waals surface area (Å²) in [5.74, 6) is -0.0324. The molecule has 1 atom stereocenters. The fourth-order valence-electron chi connectivity index (χ4n) is 1.02. The van der Waals surface area contributed by atoms with Gasteiger partial charge in [0, 0.05) is 5.71 Å². The summed E-state index contributed by atoms with van der Waals surface area (Å²) in [5, 5.41) is 7.17. The van der Waals surface area contributed by atoms with Crippen LogP contribution < -0.4 is 0 Å². The summed E-state index contributed by atoms with van der Waals surface area (Å²) in [5.41, 5.74) is 0.625. The predicted octanol–water partition coefficient (Wildman–Crippen LogP) is 1.01. The molecule has 1 N–H and O–H groups in total. The molecule has 0 bridgehead atoms. The Bertz CT molecular complexity index is 120. The van der Waals surface area contributed by atoms with E-state index in [1.54, 1.807) is 0 Å². The molecule has 0 radical (unpaired) electrons. The van der Waals surface area contributed by atoms with Crippen molar-refractivity contribution in [2.24, 2.45) is 5.92 Å². The third-order valence-corrected chi connectivity index (χ3v) is 1.57. The maximum absolute atomic E-state index is 10.1. The maximum atomic E-state index is 10.1. The number of carbonyl (C=O) groups is 1. The fraction of sp³-hybridized carbons (Fsp3) is 0.667. The molecule has 0 saturated heterocycles. The minimum atomic E-state index is -0.0324. The van der Waals surface area contributed by atoms with Gasteiger partial charge < -0.3 is 10.2 Å². The normalized spacial score (nSPS) is 28.5. The van der Waals surface area contributed by atoms with Gasteiger partial charge in [-0.1, -0.05) is 0 Å². The quantitative estimate of drug-likeness (QED) is 0.504. The van der Waals surface area contributed by atoms with Crippen molar-refractivity contribution in [3.05, 3.63) is 0 Å². The van der Waals surface area contributed by atoms with Crippen molar-refractivity contribution in [3.63, 3.8) is 0 Å². The van der Waals surface area contributed by atoms with Gasteiger partial charge in [0.1, 0.15) is 6.29 Å². The number of carbonyl (C=O) groups excluding carboxylic acids is 1. The number of aldehydes is 1. The van der Waals surface area contributed by atoms with Gasteiger partial charge in [0.2, 0.25) is 0 Å². The Morgan fingerprint density at radius 2 is 2.50 bits per heavy atom. The van der Waals surface area contributed by atoms with E-state index in [-0.39, 0.29) is 5.92 Å². The molecule has 0 spiro atoms. The molecule has 1 aliphatic rings. The Morgan fingerprint density at radius 3 is 2.75 bits per heavy atom. The van der Waals surface area contributed by atoms with E-state index in [4.69, 9.17) is 5.41 Å². The van der Waals surface area contributed by atoms with Gasteiger partial charge in [0.25, 0.3) is 0 Å². The highest BCUT2D eigenvalue weighted by atomic mass is 16.1. The van der Waals surface area contributed by atoms with E-state index in [1.165, 1.54) is 0 Å². The molecule has 2 heteroatoms. The molecule has 1 unspecified atom stereocenters. The number of nitrogens with one attached hydrogen (secondary N) is 1. The lowest BCUT2D eigenvalue weighted by Gasteiger charge is -1.94. The zero-order valence-electron chi connectivity index (χ0n) is 4.68. The van der Waals surface area contributed by atoms with Gasteiger partial charge >= 0.3 is 0 Å². The molecule has 44 valence electrons. The minimum Gasteiger partial charge on any atom is -0.309 e. The summed E-state index contributed by atoms with van der Waals surface area (Å²) in [6.07, 6.45) is 3.66. The van der Waals surface area contributed by atoms with E-state index in [0.29, 0.717) is 5.71 Å². The van der Waals surface area contributed by atoms with E-state index < -0.39 is 0 Å². The van der Waals surface area contributed by atoms with Gasteiger partial charge in [-0.25, -0.2) is 0 Å². The average molecular weight is 111 g/mol. The van der Waals surface area contributed by atoms with Gasteiger partial charge in [-0.15, -0.1) is 0 Å². The Hall–Kier alpha value is -0.660. The largest absolute Gasteiger partial charge is 0.309 e. The lowest BCUT2D eigenvalue weighted by atomic mass is 10.1. The summed E-state index contributed by atoms with van der Waals surface area (Å²) >= 11 is 0. The molecular weight excluding hydrogens is 102 g/mol. The molecule has 1 fully saturated rings. The molecule has 8 heavy (non-hydrogen) atoms. The molecule has 2 nitrogen and oxygen atoms in total. The molecule has 0 aromatic carbocycles. The van der Waals surface area contributed by atoms with Crippen LogP contribution in [0.1, 0.15) is 19.3 Å². The minimum absolute atomic E-state index is 0.0324. The van der Waals surface area contributed by atoms with Gasteiger partial charge in [-0.3, -0.25) is 0 Å². The van der Waals surface area contributed by atoms with Crippen molar-refractivity contribution >= 4 is 12.0 Å². The Kier molecular flexibility index (Phi) is 1.42. The van der Waals surface area contributed by atoms with Crippen LogP contribution in [0.4, 0.5) is 0 Å². The van der Waals surface area contributed by atoms with Gasteiger partial charge in [-0.05, 0) is 19.3 Å². The van der Waals surface area contributed by atoms with Gasteiger partial charge in [0.15, 0.2) is 0 Å². The zero-order chi connectivity index (χ0) is 5.98. The number of hydrogen-bond acceptors (Lipinski definition) is 2. The van der Waals surface area contributed by atoms with Crippen LogP contribution in [0, 0.1) is 11.3 Å². The SMILES string of the molecule is N=C1CCCC1C=O. The first-order valence-corrected chi connectivity index (χ1v) is 2.87. The van der Waals surface area contributed by atoms with E-state index in [0.717, 1.165) is 25.5 Å². The fourth-order valence-corrected chi connectivity index (χ4v) is 1.02. The summed E-state index contributed by atoms with van der Waals surface area (Å²) in [4.78, 5) is 10.1. The van der Waals surface area contributed by atoms with Crippen LogP contribution in [0.2, 0.25) is 0 Å². The van der Waals surface area contributed by atoms with Crippen molar-refractivity contribution in [2.75, 3.05) is 0 Å². The highest BCUT2D eigenvalue weighted by Gasteiger charge is 2.19. The standard InChI is InChI=1S/C6H9NO/c7-6-3-1-2-5(6)4-8/h4-5,7H,1-3H2. The Morgan fingerprint density at radius 1 is 1.75 bits per heavy atom. The highest BCUT2D eigenvalue weighted by Crippen LogP contribution is 2.18. The third-order valence-electron chi connectivity index (χ3n) is 1.57. The lowest BCUT2D eigenvalue weighted by Crippen LogP contribution is -2.05. The van der Waals surface area contributed by atoms with Crippen molar-refractivity contribution in [3.8, 4) is 0 Å². The van der Waals surface area contributed by atoms with Gasteiger partial charge in [0.05, 0.1) is 5.92 Å². The molecule has 0 aromatic rings. The Balaban J connectivity index is 2.54. The van der Waals surface area contributed by atoms with Crippen molar-refractivity contribution in [2.45, 2.75) is 19.3 Å². The van der Waals surface area contributed by atoms with Crippen molar-refractivity contribution < 1.29 is 4.79 Å². The molecule has 0 heterocycles. The van der Waals surface area contributed by atoms with Crippen LogP contribution in [0.25, 0.3) is 0 Å². The molecule has 0 amide bonds. The topological polar surface area (TPSA) is 40.9 Å². The van der Waals surface area contributed by atoms with Crippen LogP contribution in [-0.2, 0) is 4.79 Å². The van der Waals surface area contributed by atoms with E-state index in [2.05, 4.69) is 0 Å². The van der Waals surface area contributed by atoms with E-state index >= 15 is 0 Å². The maximum Gasteiger partial charge on any atom is 0.128 e. The van der Waals surface area contributed by atoms with Crippen LogP contribution >= 0.6 is 0 Å². The zero-order valence-corrected chi connectivity index (χ0v) is 4.68. The van der Waals surface area contributed by atoms with Gasteiger partial charge in [-0.2, -0.15) is 0 Å². The third kappa shape index (κ3) is 0.782. The number of rotatable bonds is 1. The van der Waals surface area contributed by atoms with Crippen molar-refractivity contribution in [1.82, 2.24) is 0 Å². The second kappa shape index (κ2) is 2.07. The van der Waals surface area contributed by atoms with Crippen LogP contribution in [-0.4, -0.2) is 12.0 Å². The average Bonchev–Trinajstić information content (AvgIpc) is 2.14. The first-order valence-electron chi connectivity index (χ1n) is 2.87. The highest BCUT2D eigenvalue weighted by molar-refractivity contribution is 5.96. The lowest BCUT2D eigenvalue weighted by molar-refractivity contribution is -0.109. The molecule has 1 rings (SSSR count). The van der Waals surface area contributed by atoms with E-state index in [1.807, 2.05) is 0 Å². The molecule has 1 aliphatic carbocycles. The van der Waals surface area contributed by atoms with Crippen LogP contribution in [0.3, 0.4) is 0 Å². The molecule has 1 saturated carbocycles. The first-order chi connectivity index (χ1) is 3.84. The van der Waals surface area contributed by atoms with Crippen LogP contribution in [0.15, 0.2) is 0 Å². The summed E-state index contributed by atoms with van der Waals surface area (Å²) in [6.45, 7) is 0. The predicted molar refractivity (Wildman–Crippen MR) is 31.1 cm³/mol.